The van der Waals surface area contributed by atoms with Crippen molar-refractivity contribution in [3.05, 3.63) is 30.4 Å². The molecule has 4 heteroatoms. The molecule has 108 valence electrons. The van der Waals surface area contributed by atoms with Crippen LogP contribution in [0.5, 0.6) is 0 Å². The van der Waals surface area contributed by atoms with Crippen molar-refractivity contribution in [2.75, 3.05) is 0 Å². The van der Waals surface area contributed by atoms with Gasteiger partial charge in [0, 0.05) is 5.41 Å². The van der Waals surface area contributed by atoms with Crippen LogP contribution in [0, 0.1) is 0 Å². The fraction of sp³-hybridized carbons (Fsp3) is 0.667. The number of allylic oxidation sites excluding steroid dienone is 1. The molecule has 0 amide bonds. The van der Waals surface area contributed by atoms with Crippen molar-refractivity contribution in [2.24, 2.45) is 0 Å². The Labute approximate surface area is 118 Å². The fourth-order valence-corrected chi connectivity index (χ4v) is 2.49. The number of aromatic amines is 1. The first-order valence-corrected chi connectivity index (χ1v) is 9.72. The monoisotopic (exact) mass is 280 g/mol. The number of rotatable bonds is 5. The van der Waals surface area contributed by atoms with Gasteiger partial charge in [0.25, 0.3) is 0 Å². The highest BCUT2D eigenvalue weighted by Crippen LogP contribution is 2.37. The van der Waals surface area contributed by atoms with Crippen molar-refractivity contribution in [3.8, 4) is 0 Å². The Morgan fingerprint density at radius 2 is 1.89 bits per heavy atom. The zero-order chi connectivity index (χ0) is 14.9. The first-order valence-electron chi connectivity index (χ1n) is 6.81. The van der Waals surface area contributed by atoms with E-state index in [0.717, 1.165) is 11.4 Å². The maximum Gasteiger partial charge on any atom is 0.192 e. The molecule has 1 N–H and O–H groups in total. The molecule has 19 heavy (non-hydrogen) atoms. The summed E-state index contributed by atoms with van der Waals surface area (Å²) in [5.41, 5.74) is 1.96. The van der Waals surface area contributed by atoms with E-state index in [-0.39, 0.29) is 10.5 Å². The second-order valence-corrected chi connectivity index (χ2v) is 12.0. The van der Waals surface area contributed by atoms with Gasteiger partial charge >= 0.3 is 0 Å². The van der Waals surface area contributed by atoms with Gasteiger partial charge in [0.1, 0.15) is 0 Å². The quantitative estimate of drug-likeness (QED) is 0.641. The van der Waals surface area contributed by atoms with Crippen molar-refractivity contribution in [1.82, 2.24) is 9.97 Å². The van der Waals surface area contributed by atoms with E-state index < -0.39 is 8.32 Å². The second-order valence-electron chi connectivity index (χ2n) is 7.20. The molecule has 0 atom stereocenters. The molecule has 0 saturated heterocycles. The molecule has 0 saturated carbocycles. The van der Waals surface area contributed by atoms with Crippen molar-refractivity contribution in [3.63, 3.8) is 0 Å². The number of aromatic nitrogens is 2. The van der Waals surface area contributed by atoms with Crippen LogP contribution in [0.2, 0.25) is 18.1 Å². The summed E-state index contributed by atoms with van der Waals surface area (Å²) in [5.74, 6) is 0. The molecule has 0 radical (unpaired) electrons. The molecule has 1 heterocycles. The zero-order valence-electron chi connectivity index (χ0n) is 13.4. The normalized spacial score (nSPS) is 13.6. The van der Waals surface area contributed by atoms with Crippen LogP contribution in [0.4, 0.5) is 0 Å². The summed E-state index contributed by atoms with van der Waals surface area (Å²) in [5, 5.41) is 0.223. The second kappa shape index (κ2) is 5.25. The molecular weight excluding hydrogens is 252 g/mol. The molecule has 0 fully saturated rings. The molecule has 0 unspecified atom stereocenters. The van der Waals surface area contributed by atoms with Crippen molar-refractivity contribution >= 4 is 8.32 Å². The van der Waals surface area contributed by atoms with Crippen molar-refractivity contribution in [1.29, 1.82) is 0 Å². The Morgan fingerprint density at radius 3 is 2.37 bits per heavy atom. The molecule has 1 aromatic heterocycles. The largest absolute Gasteiger partial charge is 0.411 e. The highest BCUT2D eigenvalue weighted by Gasteiger charge is 2.37. The van der Waals surface area contributed by atoms with E-state index in [1.807, 2.05) is 6.08 Å². The van der Waals surface area contributed by atoms with E-state index in [1.165, 1.54) is 0 Å². The van der Waals surface area contributed by atoms with Crippen molar-refractivity contribution < 1.29 is 4.43 Å². The first kappa shape index (κ1) is 16.2. The number of nitrogens with one attached hydrogen (secondary N) is 1. The van der Waals surface area contributed by atoms with Crippen LogP contribution in [0.25, 0.3) is 0 Å². The Bertz CT molecular complexity index is 441. The number of H-pyrrole nitrogens is 1. The molecule has 1 rings (SSSR count). The van der Waals surface area contributed by atoms with E-state index >= 15 is 0 Å². The molecule has 0 bridgehead atoms. The predicted octanol–water partition coefficient (Wildman–Crippen LogP) is 4.40. The molecular formula is C15H28N2OSi. The maximum absolute atomic E-state index is 6.25. The standard InChI is InChI=1S/C15H28N2OSi/c1-9-15(5,6)13-12(16-11-17-13)10-18-19(7,8)14(2,3)4/h9,11H,1,10H2,2-8H3,(H,16,17). The van der Waals surface area contributed by atoms with Crippen LogP contribution in [-0.2, 0) is 16.4 Å². The third-order valence-corrected chi connectivity index (χ3v) is 8.70. The summed E-state index contributed by atoms with van der Waals surface area (Å²) in [4.78, 5) is 7.64. The Kier molecular flexibility index (Phi) is 4.47. The number of nitrogens with zero attached hydrogens (tertiary/aromatic N) is 1. The summed E-state index contributed by atoms with van der Waals surface area (Å²) >= 11 is 0. The average molecular weight is 280 g/mol. The summed E-state index contributed by atoms with van der Waals surface area (Å²) in [6.45, 7) is 20.0. The minimum absolute atomic E-state index is 0.133. The summed E-state index contributed by atoms with van der Waals surface area (Å²) in [6, 6.07) is 0. The lowest BCUT2D eigenvalue weighted by molar-refractivity contribution is 0.270. The van der Waals surface area contributed by atoms with Gasteiger partial charge < -0.3 is 9.41 Å². The Hall–Kier alpha value is -0.873. The van der Waals surface area contributed by atoms with Crippen LogP contribution in [0.1, 0.15) is 46.0 Å². The summed E-state index contributed by atoms with van der Waals surface area (Å²) in [6.07, 6.45) is 3.67. The number of hydrogen-bond acceptors (Lipinski definition) is 2. The first-order chi connectivity index (χ1) is 8.51. The minimum Gasteiger partial charge on any atom is -0.411 e. The maximum atomic E-state index is 6.25. The Morgan fingerprint density at radius 1 is 1.32 bits per heavy atom. The van der Waals surface area contributed by atoms with E-state index in [0.29, 0.717) is 6.61 Å². The SMILES string of the molecule is C=CC(C)(C)c1nc[nH]c1CO[Si](C)(C)C(C)(C)C. The van der Waals surface area contributed by atoms with Gasteiger partial charge in [0.05, 0.1) is 24.3 Å². The number of imidazole rings is 1. The average Bonchev–Trinajstić information content (AvgIpc) is 2.73. The Balaban J connectivity index is 2.86. The lowest BCUT2D eigenvalue weighted by atomic mass is 9.88. The van der Waals surface area contributed by atoms with Gasteiger partial charge in [-0.1, -0.05) is 40.7 Å². The van der Waals surface area contributed by atoms with Gasteiger partial charge in [-0.2, -0.15) is 0 Å². The van der Waals surface area contributed by atoms with Gasteiger partial charge in [-0.25, -0.2) is 4.98 Å². The summed E-state index contributed by atoms with van der Waals surface area (Å²) in [7, 11) is -1.73. The highest BCUT2D eigenvalue weighted by molar-refractivity contribution is 6.74. The van der Waals surface area contributed by atoms with Gasteiger partial charge in [-0.15, -0.1) is 6.58 Å². The molecule has 3 nitrogen and oxygen atoms in total. The molecule has 0 spiro atoms. The van der Waals surface area contributed by atoms with Crippen LogP contribution in [-0.4, -0.2) is 18.3 Å². The lowest BCUT2D eigenvalue weighted by Gasteiger charge is -2.36. The molecule has 0 aromatic carbocycles. The molecule has 0 aliphatic heterocycles. The van der Waals surface area contributed by atoms with E-state index in [1.54, 1.807) is 6.33 Å². The molecule has 0 aliphatic carbocycles. The fourth-order valence-electron chi connectivity index (χ4n) is 1.55. The van der Waals surface area contributed by atoms with Gasteiger partial charge in [0.2, 0.25) is 0 Å². The van der Waals surface area contributed by atoms with Crippen LogP contribution < -0.4 is 0 Å². The van der Waals surface area contributed by atoms with Crippen LogP contribution in [0.15, 0.2) is 19.0 Å². The smallest absolute Gasteiger partial charge is 0.192 e. The predicted molar refractivity (Wildman–Crippen MR) is 83.8 cm³/mol. The van der Waals surface area contributed by atoms with Crippen molar-refractivity contribution in [2.45, 2.75) is 64.8 Å². The lowest BCUT2D eigenvalue weighted by Crippen LogP contribution is -2.40. The highest BCUT2D eigenvalue weighted by atomic mass is 28.4. The zero-order valence-corrected chi connectivity index (χ0v) is 14.4. The van der Waals surface area contributed by atoms with E-state index in [9.17, 15) is 0 Å². The van der Waals surface area contributed by atoms with Gasteiger partial charge in [0.15, 0.2) is 8.32 Å². The van der Waals surface area contributed by atoms with Gasteiger partial charge in [-0.3, -0.25) is 0 Å². The molecule has 0 aliphatic rings. The van der Waals surface area contributed by atoms with E-state index in [4.69, 9.17) is 4.43 Å². The van der Waals surface area contributed by atoms with E-state index in [2.05, 4.69) is 64.3 Å². The topological polar surface area (TPSA) is 37.9 Å². The number of hydrogen-bond donors (Lipinski definition) is 1. The molecule has 1 aromatic rings. The third-order valence-electron chi connectivity index (χ3n) is 4.22. The third kappa shape index (κ3) is 3.57. The van der Waals surface area contributed by atoms with Crippen LogP contribution >= 0.6 is 0 Å². The minimum atomic E-state index is -1.73. The van der Waals surface area contributed by atoms with Gasteiger partial charge in [-0.05, 0) is 18.1 Å². The van der Waals surface area contributed by atoms with Crippen LogP contribution in [0.3, 0.4) is 0 Å². The summed E-state index contributed by atoms with van der Waals surface area (Å²) < 4.78 is 6.25.